The molecule has 0 radical (unpaired) electrons. The molecule has 4 nitrogen and oxygen atoms in total. The van der Waals surface area contributed by atoms with Crippen molar-refractivity contribution in [3.63, 3.8) is 0 Å². The van der Waals surface area contributed by atoms with Gasteiger partial charge < -0.3 is 9.52 Å². The molecule has 0 saturated heterocycles. The summed E-state index contributed by atoms with van der Waals surface area (Å²) in [5.74, 6) is -0.426. The van der Waals surface area contributed by atoms with Crippen molar-refractivity contribution in [2.45, 2.75) is 38.2 Å². The van der Waals surface area contributed by atoms with Gasteiger partial charge in [0, 0.05) is 5.25 Å². The van der Waals surface area contributed by atoms with Crippen LogP contribution in [0.15, 0.2) is 9.64 Å². The highest BCUT2D eigenvalue weighted by molar-refractivity contribution is 7.99. The third-order valence-corrected chi connectivity index (χ3v) is 3.55. The second kappa shape index (κ2) is 4.70. The number of rotatable bonds is 4. The van der Waals surface area contributed by atoms with Crippen LogP contribution < -0.4 is 0 Å². The first kappa shape index (κ1) is 12.1. The smallest absolute Gasteiger partial charge is 0.307 e. The molecule has 0 aliphatic carbocycles. The molecule has 0 aliphatic heterocycles. The maximum Gasteiger partial charge on any atom is 0.307 e. The fourth-order valence-electron chi connectivity index (χ4n) is 0.956. The maximum atomic E-state index is 10.7. The van der Waals surface area contributed by atoms with Crippen LogP contribution in [0, 0.1) is 19.8 Å². The van der Waals surface area contributed by atoms with Gasteiger partial charge in [0.15, 0.2) is 0 Å². The third-order valence-electron chi connectivity index (χ3n) is 2.39. The molecule has 2 atom stereocenters. The monoisotopic (exact) mass is 229 g/mol. The summed E-state index contributed by atoms with van der Waals surface area (Å²) in [6, 6.07) is 0. The Morgan fingerprint density at radius 1 is 1.47 bits per heavy atom. The summed E-state index contributed by atoms with van der Waals surface area (Å²) in [7, 11) is 0. The van der Waals surface area contributed by atoms with Gasteiger partial charge in [0.1, 0.15) is 5.76 Å². The summed E-state index contributed by atoms with van der Waals surface area (Å²) in [6.45, 7) is 7.26. The Hall–Kier alpha value is -0.970. The number of carboxylic acids is 1. The van der Waals surface area contributed by atoms with Crippen LogP contribution in [0.3, 0.4) is 0 Å². The molecule has 0 fully saturated rings. The molecule has 15 heavy (non-hydrogen) atoms. The van der Waals surface area contributed by atoms with E-state index >= 15 is 0 Å². The van der Waals surface area contributed by atoms with Crippen LogP contribution in [0.1, 0.15) is 25.3 Å². The summed E-state index contributed by atoms with van der Waals surface area (Å²) in [5.41, 5.74) is 0.854. The molecule has 1 heterocycles. The topological polar surface area (TPSA) is 63.3 Å². The molecule has 1 aromatic heterocycles. The van der Waals surface area contributed by atoms with Crippen LogP contribution in [-0.4, -0.2) is 21.3 Å². The first-order chi connectivity index (χ1) is 6.91. The highest BCUT2D eigenvalue weighted by Gasteiger charge is 2.22. The van der Waals surface area contributed by atoms with Crippen LogP contribution in [-0.2, 0) is 4.79 Å². The molecule has 0 spiro atoms. The van der Waals surface area contributed by atoms with E-state index in [9.17, 15) is 4.79 Å². The number of oxazole rings is 1. The Balaban J connectivity index is 2.66. The Morgan fingerprint density at radius 2 is 2.07 bits per heavy atom. The van der Waals surface area contributed by atoms with Crippen molar-refractivity contribution in [2.75, 3.05) is 0 Å². The third kappa shape index (κ3) is 2.99. The average molecular weight is 229 g/mol. The van der Waals surface area contributed by atoms with Crippen LogP contribution in [0.5, 0.6) is 0 Å². The van der Waals surface area contributed by atoms with E-state index in [2.05, 4.69) is 4.98 Å². The molecule has 1 rings (SSSR count). The van der Waals surface area contributed by atoms with Crippen molar-refractivity contribution in [1.29, 1.82) is 0 Å². The van der Waals surface area contributed by atoms with Crippen molar-refractivity contribution in [1.82, 2.24) is 4.98 Å². The Kier molecular flexibility index (Phi) is 3.79. The lowest BCUT2D eigenvalue weighted by atomic mass is 10.1. The normalized spacial score (nSPS) is 14.9. The molecular formula is C10H15NO3S. The minimum Gasteiger partial charge on any atom is -0.481 e. The van der Waals surface area contributed by atoms with Gasteiger partial charge in [-0.25, -0.2) is 4.98 Å². The maximum absolute atomic E-state index is 10.7. The number of carbonyl (C=O) groups is 1. The van der Waals surface area contributed by atoms with E-state index in [1.807, 2.05) is 20.8 Å². The molecule has 5 heteroatoms. The number of nitrogens with zero attached hydrogens (tertiary/aromatic N) is 1. The molecule has 0 aliphatic rings. The van der Waals surface area contributed by atoms with Crippen molar-refractivity contribution < 1.29 is 14.3 Å². The number of aryl methyl sites for hydroxylation is 2. The quantitative estimate of drug-likeness (QED) is 0.804. The zero-order valence-corrected chi connectivity index (χ0v) is 10.1. The van der Waals surface area contributed by atoms with Gasteiger partial charge in [-0.15, -0.1) is 0 Å². The van der Waals surface area contributed by atoms with Gasteiger partial charge in [-0.3, -0.25) is 4.79 Å². The number of hydrogen-bond acceptors (Lipinski definition) is 4. The highest BCUT2D eigenvalue weighted by Crippen LogP contribution is 2.28. The van der Waals surface area contributed by atoms with Gasteiger partial charge in [0.2, 0.25) is 0 Å². The average Bonchev–Trinajstić information content (AvgIpc) is 2.44. The van der Waals surface area contributed by atoms with Crippen molar-refractivity contribution >= 4 is 17.7 Å². The molecule has 0 amide bonds. The lowest BCUT2D eigenvalue weighted by Gasteiger charge is -2.12. The SMILES string of the molecule is Cc1nc(SC(C)C(C)C(=O)O)oc1C. The van der Waals surface area contributed by atoms with Crippen molar-refractivity contribution in [2.24, 2.45) is 5.92 Å². The van der Waals surface area contributed by atoms with Gasteiger partial charge in [0.25, 0.3) is 5.22 Å². The zero-order chi connectivity index (χ0) is 11.6. The molecule has 1 N–H and O–H groups in total. The summed E-state index contributed by atoms with van der Waals surface area (Å²) in [5, 5.41) is 9.32. The van der Waals surface area contributed by atoms with Crippen molar-refractivity contribution in [3.8, 4) is 0 Å². The minimum absolute atomic E-state index is 0.0556. The largest absolute Gasteiger partial charge is 0.481 e. The molecule has 0 aromatic carbocycles. The summed E-state index contributed by atoms with van der Waals surface area (Å²) >= 11 is 1.36. The van der Waals surface area contributed by atoms with E-state index in [1.165, 1.54) is 11.8 Å². The van der Waals surface area contributed by atoms with Crippen LogP contribution in [0.25, 0.3) is 0 Å². The summed E-state index contributed by atoms with van der Waals surface area (Å²) in [4.78, 5) is 14.9. The molecule has 84 valence electrons. The van der Waals surface area contributed by atoms with Gasteiger partial charge >= 0.3 is 5.97 Å². The first-order valence-corrected chi connectivity index (χ1v) is 5.63. The van der Waals surface area contributed by atoms with Gasteiger partial charge in [-0.05, 0) is 13.8 Å². The Morgan fingerprint density at radius 3 is 2.47 bits per heavy atom. The van der Waals surface area contributed by atoms with E-state index in [0.717, 1.165) is 11.5 Å². The van der Waals surface area contributed by atoms with E-state index in [0.29, 0.717) is 5.22 Å². The Bertz CT molecular complexity index is 342. The fraction of sp³-hybridized carbons (Fsp3) is 0.600. The number of hydrogen-bond donors (Lipinski definition) is 1. The van der Waals surface area contributed by atoms with Gasteiger partial charge in [-0.1, -0.05) is 25.6 Å². The van der Waals surface area contributed by atoms with E-state index in [4.69, 9.17) is 9.52 Å². The number of thioether (sulfide) groups is 1. The van der Waals surface area contributed by atoms with Crippen LogP contribution in [0.2, 0.25) is 0 Å². The lowest BCUT2D eigenvalue weighted by molar-refractivity contribution is -0.140. The second-order valence-corrected chi connectivity index (χ2v) is 4.90. The lowest BCUT2D eigenvalue weighted by Crippen LogP contribution is -2.19. The van der Waals surface area contributed by atoms with E-state index in [-0.39, 0.29) is 5.25 Å². The van der Waals surface area contributed by atoms with Gasteiger partial charge in [-0.2, -0.15) is 0 Å². The summed E-state index contributed by atoms with van der Waals surface area (Å²) < 4.78 is 5.37. The zero-order valence-electron chi connectivity index (χ0n) is 9.27. The molecular weight excluding hydrogens is 214 g/mol. The highest BCUT2D eigenvalue weighted by atomic mass is 32.2. The van der Waals surface area contributed by atoms with Gasteiger partial charge in [0.05, 0.1) is 11.6 Å². The molecule has 1 aromatic rings. The Labute approximate surface area is 93.1 Å². The number of aromatic nitrogens is 1. The molecule has 0 saturated carbocycles. The summed E-state index contributed by atoms with van der Waals surface area (Å²) in [6.07, 6.45) is 0. The first-order valence-electron chi connectivity index (χ1n) is 4.75. The molecule has 0 bridgehead atoms. The second-order valence-electron chi connectivity index (χ2n) is 3.57. The van der Waals surface area contributed by atoms with Crippen molar-refractivity contribution in [3.05, 3.63) is 11.5 Å². The van der Waals surface area contributed by atoms with E-state index in [1.54, 1.807) is 6.92 Å². The van der Waals surface area contributed by atoms with Crippen LogP contribution in [0.4, 0.5) is 0 Å². The van der Waals surface area contributed by atoms with Crippen LogP contribution >= 0.6 is 11.8 Å². The minimum atomic E-state index is -0.796. The van der Waals surface area contributed by atoms with E-state index < -0.39 is 11.9 Å². The predicted molar refractivity (Wildman–Crippen MR) is 58.1 cm³/mol. The fourth-order valence-corrected chi connectivity index (χ4v) is 1.96. The predicted octanol–water partition coefficient (Wildman–Crippen LogP) is 2.49. The number of carboxylic acid groups (broad SMARTS) is 1. The number of aliphatic carboxylic acids is 1. The standard InChI is InChI=1S/C10H15NO3S/c1-5(9(12)13)8(4)15-10-11-6(2)7(3)14-10/h5,8H,1-4H3,(H,12,13). The molecule has 2 unspecified atom stereocenters.